The van der Waals surface area contributed by atoms with Crippen molar-refractivity contribution in [2.24, 2.45) is 0 Å². The van der Waals surface area contributed by atoms with E-state index >= 15 is 0 Å². The Hall–Kier alpha value is -3.03. The molecule has 1 atom stereocenters. The van der Waals surface area contributed by atoms with Gasteiger partial charge in [0, 0.05) is 25.5 Å². The number of benzene rings is 1. The number of para-hydroxylation sites is 1. The molecule has 1 aliphatic rings. The highest BCUT2D eigenvalue weighted by Gasteiger charge is 2.28. The van der Waals surface area contributed by atoms with Crippen molar-refractivity contribution in [3.63, 3.8) is 0 Å². The first-order valence-electron chi connectivity index (χ1n) is 8.43. The number of hydrogen-bond donors (Lipinski definition) is 1. The maximum absolute atomic E-state index is 12.7. The molecule has 8 nitrogen and oxygen atoms in total. The summed E-state index contributed by atoms with van der Waals surface area (Å²) in [5.74, 6) is 0.342. The van der Waals surface area contributed by atoms with Gasteiger partial charge >= 0.3 is 0 Å². The predicted molar refractivity (Wildman–Crippen MR) is 89.8 cm³/mol. The molecule has 0 saturated carbocycles. The van der Waals surface area contributed by atoms with Gasteiger partial charge in [-0.2, -0.15) is 0 Å². The summed E-state index contributed by atoms with van der Waals surface area (Å²) < 4.78 is 3.68. The Bertz CT molecular complexity index is 856. The van der Waals surface area contributed by atoms with Crippen molar-refractivity contribution in [1.82, 2.24) is 35.1 Å². The van der Waals surface area contributed by atoms with Crippen molar-refractivity contribution in [3.8, 4) is 5.69 Å². The highest BCUT2D eigenvalue weighted by atomic mass is 16.1. The topological polar surface area (TPSA) is 90.5 Å². The summed E-state index contributed by atoms with van der Waals surface area (Å²) in [6.07, 6.45) is 8.12. The van der Waals surface area contributed by atoms with Crippen LogP contribution in [0.4, 0.5) is 0 Å². The highest BCUT2D eigenvalue weighted by Crippen LogP contribution is 2.24. The van der Waals surface area contributed by atoms with Crippen LogP contribution < -0.4 is 5.32 Å². The van der Waals surface area contributed by atoms with Crippen LogP contribution in [-0.4, -0.2) is 35.7 Å². The molecule has 0 spiro atoms. The number of aromatic nitrogens is 6. The first-order chi connectivity index (χ1) is 12.3. The largest absolute Gasteiger partial charge is 0.351 e. The quantitative estimate of drug-likeness (QED) is 0.778. The second-order valence-electron chi connectivity index (χ2n) is 6.13. The number of nitrogens with one attached hydrogen (secondary N) is 1. The number of aryl methyl sites for hydroxylation is 1. The Labute approximate surface area is 144 Å². The molecule has 2 aromatic heterocycles. The first kappa shape index (κ1) is 15.5. The van der Waals surface area contributed by atoms with Crippen LogP contribution in [0.25, 0.3) is 5.69 Å². The van der Waals surface area contributed by atoms with E-state index in [-0.39, 0.29) is 11.8 Å². The molecule has 4 rings (SSSR count). The summed E-state index contributed by atoms with van der Waals surface area (Å²) in [7, 11) is 0. The molecule has 128 valence electrons. The highest BCUT2D eigenvalue weighted by molar-refractivity contribution is 5.82. The molecule has 3 heterocycles. The number of carbonyl (C=O) groups excluding carboxylic acids is 1. The van der Waals surface area contributed by atoms with E-state index in [1.54, 1.807) is 17.2 Å². The molecule has 1 N–H and O–H groups in total. The van der Waals surface area contributed by atoms with Crippen LogP contribution in [0.2, 0.25) is 0 Å². The maximum atomic E-state index is 12.7. The van der Waals surface area contributed by atoms with E-state index in [0.717, 1.165) is 37.1 Å². The SMILES string of the molecule is O=C(NCc1ccccc1-n1ccnc1)C1CCCCn2nnnc21. The van der Waals surface area contributed by atoms with Gasteiger partial charge in [-0.25, -0.2) is 9.67 Å². The minimum absolute atomic E-state index is 0.0293. The number of fused-ring (bicyclic) bond motifs is 1. The summed E-state index contributed by atoms with van der Waals surface area (Å²) >= 11 is 0. The Balaban J connectivity index is 1.50. The normalized spacial score (nSPS) is 16.9. The van der Waals surface area contributed by atoms with Crippen LogP contribution >= 0.6 is 0 Å². The zero-order valence-corrected chi connectivity index (χ0v) is 13.7. The molecule has 1 aromatic carbocycles. The van der Waals surface area contributed by atoms with Crippen LogP contribution in [0.1, 0.15) is 36.6 Å². The molecule has 1 amide bonds. The third-order valence-corrected chi connectivity index (χ3v) is 4.53. The van der Waals surface area contributed by atoms with Gasteiger partial charge in [-0.15, -0.1) is 5.10 Å². The standard InChI is InChI=1S/C17H19N7O/c25-17(14-6-3-4-9-24-16(14)20-21-22-24)19-11-13-5-1-2-7-15(13)23-10-8-18-12-23/h1-2,5,7-8,10,12,14H,3-4,6,9,11H2,(H,19,25). The maximum Gasteiger partial charge on any atom is 0.231 e. The molecule has 0 bridgehead atoms. The molecular formula is C17H19N7O. The van der Waals surface area contributed by atoms with Crippen molar-refractivity contribution < 1.29 is 4.79 Å². The van der Waals surface area contributed by atoms with Gasteiger partial charge in [-0.05, 0) is 34.9 Å². The van der Waals surface area contributed by atoms with E-state index in [9.17, 15) is 4.79 Å². The third-order valence-electron chi connectivity index (χ3n) is 4.53. The number of carbonyl (C=O) groups is 1. The molecule has 25 heavy (non-hydrogen) atoms. The monoisotopic (exact) mass is 337 g/mol. The second kappa shape index (κ2) is 6.84. The number of tetrazole rings is 1. The third kappa shape index (κ3) is 3.15. The number of rotatable bonds is 4. The fourth-order valence-corrected chi connectivity index (χ4v) is 3.23. The van der Waals surface area contributed by atoms with Crippen LogP contribution in [0.3, 0.4) is 0 Å². The van der Waals surface area contributed by atoms with Crippen LogP contribution in [0.15, 0.2) is 43.0 Å². The van der Waals surface area contributed by atoms with Crippen molar-refractivity contribution in [2.45, 2.75) is 38.3 Å². The summed E-state index contributed by atoms with van der Waals surface area (Å²) in [6, 6.07) is 7.95. The van der Waals surface area contributed by atoms with Crippen molar-refractivity contribution in [2.75, 3.05) is 0 Å². The van der Waals surface area contributed by atoms with Crippen molar-refractivity contribution in [1.29, 1.82) is 0 Å². The minimum atomic E-state index is -0.294. The first-order valence-corrected chi connectivity index (χ1v) is 8.43. The summed E-state index contributed by atoms with van der Waals surface area (Å²) in [6.45, 7) is 1.22. The van der Waals surface area contributed by atoms with E-state index in [4.69, 9.17) is 0 Å². The van der Waals surface area contributed by atoms with Gasteiger partial charge in [-0.3, -0.25) is 4.79 Å². The molecule has 0 fully saturated rings. The fraction of sp³-hybridized carbons (Fsp3) is 0.353. The Morgan fingerprint density at radius 1 is 1.28 bits per heavy atom. The number of imidazole rings is 1. The molecule has 0 saturated heterocycles. The van der Waals surface area contributed by atoms with Gasteiger partial charge in [0.05, 0.1) is 17.9 Å². The van der Waals surface area contributed by atoms with E-state index in [1.165, 1.54) is 0 Å². The van der Waals surface area contributed by atoms with Crippen LogP contribution in [0.5, 0.6) is 0 Å². The van der Waals surface area contributed by atoms with Crippen molar-refractivity contribution >= 4 is 5.91 Å². The average Bonchev–Trinajstić information content (AvgIpc) is 3.29. The predicted octanol–water partition coefficient (Wildman–Crippen LogP) is 1.44. The number of nitrogens with zero attached hydrogens (tertiary/aromatic N) is 6. The van der Waals surface area contributed by atoms with Gasteiger partial charge in [0.2, 0.25) is 5.91 Å². The Morgan fingerprint density at radius 2 is 2.20 bits per heavy atom. The van der Waals surface area contributed by atoms with E-state index < -0.39 is 0 Å². The summed E-state index contributed by atoms with van der Waals surface area (Å²) in [5, 5.41) is 14.8. The molecule has 8 heteroatoms. The van der Waals surface area contributed by atoms with Gasteiger partial charge in [0.25, 0.3) is 0 Å². The lowest BCUT2D eigenvalue weighted by Crippen LogP contribution is -2.30. The smallest absolute Gasteiger partial charge is 0.231 e. The van der Waals surface area contributed by atoms with E-state index in [1.807, 2.05) is 35.0 Å². The second-order valence-corrected chi connectivity index (χ2v) is 6.13. The lowest BCUT2D eigenvalue weighted by atomic mass is 10.0. The van der Waals surface area contributed by atoms with E-state index in [2.05, 4.69) is 25.8 Å². The lowest BCUT2D eigenvalue weighted by Gasteiger charge is -2.15. The van der Waals surface area contributed by atoms with Gasteiger partial charge in [0.15, 0.2) is 5.82 Å². The summed E-state index contributed by atoms with van der Waals surface area (Å²) in [5.41, 5.74) is 2.04. The molecular weight excluding hydrogens is 318 g/mol. The van der Waals surface area contributed by atoms with Crippen LogP contribution in [-0.2, 0) is 17.9 Å². The van der Waals surface area contributed by atoms with E-state index in [0.29, 0.717) is 12.4 Å². The fourth-order valence-electron chi connectivity index (χ4n) is 3.23. The van der Waals surface area contributed by atoms with Gasteiger partial charge in [0.1, 0.15) is 0 Å². The average molecular weight is 337 g/mol. The Kier molecular flexibility index (Phi) is 4.24. The van der Waals surface area contributed by atoms with Crippen molar-refractivity contribution in [3.05, 3.63) is 54.4 Å². The zero-order chi connectivity index (χ0) is 17.1. The number of hydrogen-bond acceptors (Lipinski definition) is 5. The molecule has 1 unspecified atom stereocenters. The molecule has 3 aromatic rings. The van der Waals surface area contributed by atoms with Crippen LogP contribution in [0, 0.1) is 0 Å². The van der Waals surface area contributed by atoms with Gasteiger partial charge in [-0.1, -0.05) is 24.6 Å². The zero-order valence-electron chi connectivity index (χ0n) is 13.7. The lowest BCUT2D eigenvalue weighted by molar-refractivity contribution is -0.123. The summed E-state index contributed by atoms with van der Waals surface area (Å²) in [4.78, 5) is 16.8. The van der Waals surface area contributed by atoms with Gasteiger partial charge < -0.3 is 9.88 Å². The molecule has 0 radical (unpaired) electrons. The molecule has 1 aliphatic heterocycles. The molecule has 0 aliphatic carbocycles. The number of amides is 1. The minimum Gasteiger partial charge on any atom is -0.351 e. The Morgan fingerprint density at radius 3 is 3.08 bits per heavy atom.